The van der Waals surface area contributed by atoms with E-state index in [0.29, 0.717) is 19.6 Å². The van der Waals surface area contributed by atoms with Crippen LogP contribution in [0.2, 0.25) is 0 Å². The molecule has 5 atom stereocenters. The van der Waals surface area contributed by atoms with E-state index >= 15 is 0 Å². The van der Waals surface area contributed by atoms with Crippen molar-refractivity contribution in [2.75, 3.05) is 13.1 Å². The van der Waals surface area contributed by atoms with Gasteiger partial charge in [0.1, 0.15) is 10.7 Å². The van der Waals surface area contributed by atoms with Gasteiger partial charge in [0.25, 0.3) is 5.56 Å². The Kier molecular flexibility index (Phi) is 6.44. The monoisotopic (exact) mass is 525 g/mol. The van der Waals surface area contributed by atoms with Crippen LogP contribution in [0.5, 0.6) is 0 Å². The summed E-state index contributed by atoms with van der Waals surface area (Å²) in [6, 6.07) is 5.35. The van der Waals surface area contributed by atoms with Gasteiger partial charge in [0.2, 0.25) is 9.70 Å². The van der Waals surface area contributed by atoms with Crippen LogP contribution in [0.4, 0.5) is 0 Å². The third-order valence-corrected chi connectivity index (χ3v) is 7.83. The van der Waals surface area contributed by atoms with E-state index in [1.165, 1.54) is 0 Å². The topological polar surface area (TPSA) is 54.3 Å². The number of nitrogens with zero attached hydrogens (tertiary/aromatic N) is 2. The zero-order valence-electron chi connectivity index (χ0n) is 17.1. The molecule has 0 aromatic carbocycles. The van der Waals surface area contributed by atoms with E-state index in [4.69, 9.17) is 58.0 Å². The Bertz CT molecular complexity index is 966. The van der Waals surface area contributed by atoms with Crippen molar-refractivity contribution < 1.29 is 4.79 Å². The largest absolute Gasteiger partial charge is 0.336 e. The highest BCUT2D eigenvalue weighted by molar-refractivity contribution is 6.68. The van der Waals surface area contributed by atoms with E-state index in [-0.39, 0.29) is 45.0 Å². The molecule has 1 aromatic rings. The van der Waals surface area contributed by atoms with E-state index in [2.05, 4.69) is 5.32 Å². The average Bonchev–Trinajstić information content (AvgIpc) is 3.18. The van der Waals surface area contributed by atoms with E-state index in [1.807, 2.05) is 29.4 Å². The molecule has 0 unspecified atom stereocenters. The molecule has 170 valence electrons. The molecular formula is C21H24Cl5N3O2. The lowest BCUT2D eigenvalue weighted by Crippen LogP contribution is -2.60. The molecule has 31 heavy (non-hydrogen) atoms. The highest BCUT2D eigenvalue weighted by Crippen LogP contribution is 2.60. The van der Waals surface area contributed by atoms with Gasteiger partial charge in [0, 0.05) is 37.3 Å². The number of carbonyl (C=O) groups is 1. The van der Waals surface area contributed by atoms with E-state index in [9.17, 15) is 9.59 Å². The SMILES string of the molecule is CC1(C)[C@H](C(=O)N[C@@H](N2C[C@H]3C[C@H](C2)c2cccc(=O)n2C3)C(Cl)(Cl)Cl)[C@@H]1C=C(Cl)Cl. The van der Waals surface area contributed by atoms with Gasteiger partial charge in [0.15, 0.2) is 0 Å². The highest BCUT2D eigenvalue weighted by Gasteiger charge is 2.61. The summed E-state index contributed by atoms with van der Waals surface area (Å²) in [6.07, 6.45) is 1.87. The maximum Gasteiger partial charge on any atom is 0.250 e. The molecule has 2 aliphatic heterocycles. The third-order valence-electron chi connectivity index (χ3n) is 6.96. The summed E-state index contributed by atoms with van der Waals surface area (Å²) < 4.78 is 0.272. The first-order chi connectivity index (χ1) is 14.4. The number of alkyl halides is 3. The van der Waals surface area contributed by atoms with E-state index in [0.717, 1.165) is 12.1 Å². The minimum absolute atomic E-state index is 0.0138. The molecular weight excluding hydrogens is 504 g/mol. The smallest absolute Gasteiger partial charge is 0.250 e. The van der Waals surface area contributed by atoms with Crippen molar-refractivity contribution in [1.29, 1.82) is 0 Å². The second-order valence-corrected chi connectivity index (χ2v) is 12.8. The molecule has 3 aliphatic rings. The fourth-order valence-corrected chi connectivity index (χ4v) is 6.22. The zero-order valence-corrected chi connectivity index (χ0v) is 20.9. The van der Waals surface area contributed by atoms with Crippen molar-refractivity contribution >= 4 is 63.9 Å². The van der Waals surface area contributed by atoms with Crippen LogP contribution in [-0.4, -0.2) is 38.4 Å². The lowest BCUT2D eigenvalue weighted by molar-refractivity contribution is -0.125. The van der Waals surface area contributed by atoms with Gasteiger partial charge in [-0.2, -0.15) is 0 Å². The maximum atomic E-state index is 13.1. The molecule has 1 saturated carbocycles. The number of rotatable bonds is 4. The number of carbonyl (C=O) groups excluding carboxylic acids is 1. The number of amides is 1. The van der Waals surface area contributed by atoms with Crippen molar-refractivity contribution in [3.8, 4) is 0 Å². The Balaban J connectivity index is 1.54. The highest BCUT2D eigenvalue weighted by atomic mass is 35.6. The number of hydrogen-bond acceptors (Lipinski definition) is 3. The molecule has 2 bridgehead atoms. The van der Waals surface area contributed by atoms with Crippen LogP contribution in [0, 0.1) is 23.2 Å². The molecule has 2 fully saturated rings. The number of aromatic nitrogens is 1. The molecule has 1 amide bonds. The van der Waals surface area contributed by atoms with E-state index < -0.39 is 9.96 Å². The van der Waals surface area contributed by atoms with Gasteiger partial charge in [-0.1, -0.05) is 77.9 Å². The van der Waals surface area contributed by atoms with Crippen LogP contribution >= 0.6 is 58.0 Å². The first-order valence-electron chi connectivity index (χ1n) is 10.2. The standard InChI is InChI=1S/C21H24Cl5N3O2/c1-20(2)13(7-15(22)23)17(20)18(31)27-19(21(24,25)26)28-8-11-6-12(10-28)14-4-3-5-16(30)29(14)9-11/h3-5,7,11-13,17,19H,6,8-10H2,1-2H3,(H,27,31)/t11-,12-,13+,17+,19+/m1/s1. The van der Waals surface area contributed by atoms with Crippen molar-refractivity contribution in [3.63, 3.8) is 0 Å². The summed E-state index contributed by atoms with van der Waals surface area (Å²) in [5.41, 5.74) is 0.725. The molecule has 1 aromatic heterocycles. The number of halogens is 5. The summed E-state index contributed by atoms with van der Waals surface area (Å²) in [5, 5.41) is 2.98. The van der Waals surface area contributed by atoms with Crippen LogP contribution < -0.4 is 10.9 Å². The van der Waals surface area contributed by atoms with Gasteiger partial charge in [-0.05, 0) is 35.8 Å². The molecule has 4 rings (SSSR count). The number of fused-ring (bicyclic) bond motifs is 4. The predicted molar refractivity (Wildman–Crippen MR) is 126 cm³/mol. The van der Waals surface area contributed by atoms with Gasteiger partial charge in [0.05, 0.1) is 5.92 Å². The minimum Gasteiger partial charge on any atom is -0.336 e. The quantitative estimate of drug-likeness (QED) is 0.579. The summed E-state index contributed by atoms with van der Waals surface area (Å²) in [7, 11) is 0. The predicted octanol–water partition coefficient (Wildman–Crippen LogP) is 4.67. The fraction of sp³-hybridized carbons (Fsp3) is 0.619. The molecule has 10 heteroatoms. The number of pyridine rings is 1. The number of hydrogen-bond donors (Lipinski definition) is 1. The lowest BCUT2D eigenvalue weighted by atomic mass is 9.83. The number of likely N-dealkylation sites (tertiary alicyclic amines) is 1. The minimum atomic E-state index is -1.72. The van der Waals surface area contributed by atoms with Crippen LogP contribution in [0.3, 0.4) is 0 Å². The van der Waals surface area contributed by atoms with Crippen molar-refractivity contribution in [1.82, 2.24) is 14.8 Å². The van der Waals surface area contributed by atoms with Gasteiger partial charge < -0.3 is 9.88 Å². The van der Waals surface area contributed by atoms with Crippen molar-refractivity contribution in [3.05, 3.63) is 44.8 Å². The van der Waals surface area contributed by atoms with Gasteiger partial charge in [-0.3, -0.25) is 14.5 Å². The second kappa shape index (κ2) is 8.41. The summed E-state index contributed by atoms with van der Waals surface area (Å²) in [6.45, 7) is 5.81. The fourth-order valence-electron chi connectivity index (χ4n) is 5.37. The summed E-state index contributed by atoms with van der Waals surface area (Å²) in [4.78, 5) is 27.4. The Labute approximate surface area is 206 Å². The molecule has 0 radical (unpaired) electrons. The molecule has 3 heterocycles. The first kappa shape index (κ1) is 23.7. The number of piperidine rings is 1. The van der Waals surface area contributed by atoms with Crippen LogP contribution in [0.15, 0.2) is 33.6 Å². The Morgan fingerprint density at radius 1 is 1.23 bits per heavy atom. The summed E-state index contributed by atoms with van der Waals surface area (Å²) in [5.74, 6) is -0.201. The maximum absolute atomic E-state index is 13.1. The molecule has 1 N–H and O–H groups in total. The Morgan fingerprint density at radius 3 is 2.58 bits per heavy atom. The normalized spacial score (nSPS) is 30.2. The van der Waals surface area contributed by atoms with Crippen LogP contribution in [0.25, 0.3) is 0 Å². The molecule has 1 aliphatic carbocycles. The molecule has 0 spiro atoms. The van der Waals surface area contributed by atoms with E-state index in [1.54, 1.807) is 18.2 Å². The van der Waals surface area contributed by atoms with Gasteiger partial charge in [-0.25, -0.2) is 0 Å². The van der Waals surface area contributed by atoms with Gasteiger partial charge in [-0.15, -0.1) is 0 Å². The number of allylic oxidation sites excluding steroid dienone is 1. The molecule has 1 saturated heterocycles. The Morgan fingerprint density at radius 2 is 1.94 bits per heavy atom. The average molecular weight is 528 g/mol. The van der Waals surface area contributed by atoms with Crippen molar-refractivity contribution in [2.45, 2.75) is 42.7 Å². The zero-order chi connectivity index (χ0) is 22.7. The second-order valence-electron chi connectivity index (χ2n) is 9.39. The summed E-state index contributed by atoms with van der Waals surface area (Å²) >= 11 is 30.7. The first-order valence-corrected chi connectivity index (χ1v) is 12.1. The lowest BCUT2D eigenvalue weighted by Gasteiger charge is -2.47. The van der Waals surface area contributed by atoms with Crippen LogP contribution in [0.1, 0.15) is 31.9 Å². The number of nitrogens with one attached hydrogen (secondary N) is 1. The van der Waals surface area contributed by atoms with Crippen LogP contribution in [-0.2, 0) is 11.3 Å². The van der Waals surface area contributed by atoms with Gasteiger partial charge >= 0.3 is 0 Å². The third kappa shape index (κ3) is 4.64. The molecule has 5 nitrogen and oxygen atoms in total. The Hall–Kier alpha value is -0.430. The van der Waals surface area contributed by atoms with Crippen molar-refractivity contribution in [2.24, 2.45) is 23.2 Å².